The number of rotatable bonds is 9. The first-order valence-corrected chi connectivity index (χ1v) is 13.0. The van der Waals surface area contributed by atoms with Gasteiger partial charge in [0.2, 0.25) is 0 Å². The summed E-state index contributed by atoms with van der Waals surface area (Å²) in [4.78, 5) is 3.20. The zero-order valence-electron chi connectivity index (χ0n) is 18.3. The van der Waals surface area contributed by atoms with E-state index in [2.05, 4.69) is 15.0 Å². The lowest BCUT2D eigenvalue weighted by molar-refractivity contribution is -0.120. The topological polar surface area (TPSA) is 89.6 Å². The molecule has 1 atom stereocenters. The van der Waals surface area contributed by atoms with Crippen molar-refractivity contribution in [1.29, 1.82) is 0 Å². The van der Waals surface area contributed by atoms with Crippen LogP contribution in [0.25, 0.3) is 0 Å². The molecule has 3 aromatic rings. The summed E-state index contributed by atoms with van der Waals surface area (Å²) in [5.74, 6) is -0.929. The summed E-state index contributed by atoms with van der Waals surface area (Å²) in [6, 6.07) is 5.73. The lowest BCUT2D eigenvalue weighted by Crippen LogP contribution is -2.44. The van der Waals surface area contributed by atoms with Crippen LogP contribution in [0, 0.1) is 17.0 Å². The summed E-state index contributed by atoms with van der Waals surface area (Å²) in [5.41, 5.74) is 1.77. The Hall–Kier alpha value is -2.47. The van der Waals surface area contributed by atoms with Gasteiger partial charge in [0, 0.05) is 16.4 Å². The molecular formula is C22H22ClF2N3O4S2. The molecule has 12 heteroatoms. The number of nitrogens with zero attached hydrogens (tertiary/aromatic N) is 1. The van der Waals surface area contributed by atoms with Crippen LogP contribution in [-0.2, 0) is 14.8 Å². The highest BCUT2D eigenvalue weighted by Gasteiger charge is 2.34. The van der Waals surface area contributed by atoms with Crippen LogP contribution in [0.2, 0.25) is 5.02 Å². The average Bonchev–Trinajstić information content (AvgIpc) is 3.26. The molecule has 0 saturated carbocycles. The second kappa shape index (κ2) is 9.65. The molecule has 4 rings (SSSR count). The zero-order chi connectivity index (χ0) is 24.5. The molecule has 1 aliphatic rings. The molecule has 0 unspecified atom stereocenters. The standard InChI is InChI=1S/C22H22ClF2N3O4S2/c1-13(15-5-14(3-4-17(15)24)32-11-22(2)9-31-10-22)27-19-7-18(25)20(6-16(19)23)34(29,30)28-21-8-33-12-26-21/h3-8,12-13,27-28H,9-11H2,1-2H3/t13-/m0/s1. The average molecular weight is 530 g/mol. The first-order chi connectivity index (χ1) is 16.1. The van der Waals surface area contributed by atoms with Crippen molar-refractivity contribution in [3.05, 3.63) is 63.4 Å². The highest BCUT2D eigenvalue weighted by atomic mass is 35.5. The summed E-state index contributed by atoms with van der Waals surface area (Å²) >= 11 is 7.44. The number of hydrogen-bond acceptors (Lipinski definition) is 7. The third kappa shape index (κ3) is 5.43. The van der Waals surface area contributed by atoms with Gasteiger partial charge in [-0.05, 0) is 37.3 Å². The van der Waals surface area contributed by atoms with Gasteiger partial charge in [0.15, 0.2) is 5.82 Å². The zero-order valence-corrected chi connectivity index (χ0v) is 20.7. The molecule has 182 valence electrons. The summed E-state index contributed by atoms with van der Waals surface area (Å²) in [5, 5.41) is 4.37. The minimum absolute atomic E-state index is 0.0439. The monoisotopic (exact) mass is 529 g/mol. The predicted octanol–water partition coefficient (Wildman–Crippen LogP) is 5.46. The van der Waals surface area contributed by atoms with Crippen molar-refractivity contribution < 1.29 is 26.7 Å². The van der Waals surface area contributed by atoms with Crippen molar-refractivity contribution in [3.63, 3.8) is 0 Å². The van der Waals surface area contributed by atoms with Crippen LogP contribution < -0.4 is 14.8 Å². The van der Waals surface area contributed by atoms with E-state index in [1.165, 1.54) is 34.4 Å². The Kier molecular flexibility index (Phi) is 6.99. The second-order valence-corrected chi connectivity index (χ2v) is 11.2. The summed E-state index contributed by atoms with van der Waals surface area (Å²) in [6.45, 7) is 5.36. The molecule has 0 radical (unpaired) electrons. The van der Waals surface area contributed by atoms with Gasteiger partial charge in [-0.15, -0.1) is 11.3 Å². The summed E-state index contributed by atoms with van der Waals surface area (Å²) in [6.07, 6.45) is 0. The third-order valence-corrected chi connectivity index (χ3v) is 7.55. The van der Waals surface area contributed by atoms with Gasteiger partial charge >= 0.3 is 0 Å². The molecule has 1 aliphatic heterocycles. The van der Waals surface area contributed by atoms with Gasteiger partial charge in [0.25, 0.3) is 10.0 Å². The Balaban J connectivity index is 1.51. The van der Waals surface area contributed by atoms with Crippen molar-refractivity contribution in [2.75, 3.05) is 29.9 Å². The van der Waals surface area contributed by atoms with Crippen molar-refractivity contribution >= 4 is 44.5 Å². The largest absolute Gasteiger partial charge is 0.493 e. The molecule has 0 amide bonds. The van der Waals surface area contributed by atoms with Gasteiger partial charge in [-0.1, -0.05) is 18.5 Å². The predicted molar refractivity (Wildman–Crippen MR) is 127 cm³/mol. The van der Waals surface area contributed by atoms with Crippen LogP contribution >= 0.6 is 22.9 Å². The fourth-order valence-electron chi connectivity index (χ4n) is 3.35. The Morgan fingerprint density at radius 2 is 2.03 bits per heavy atom. The maximum atomic E-state index is 14.8. The van der Waals surface area contributed by atoms with Gasteiger partial charge in [-0.25, -0.2) is 22.2 Å². The summed E-state index contributed by atoms with van der Waals surface area (Å²) in [7, 11) is -4.24. The maximum Gasteiger partial charge on any atom is 0.266 e. The van der Waals surface area contributed by atoms with Crippen LogP contribution in [0.5, 0.6) is 5.75 Å². The Morgan fingerprint density at radius 1 is 1.26 bits per heavy atom. The van der Waals surface area contributed by atoms with E-state index in [-0.39, 0.29) is 27.5 Å². The van der Waals surface area contributed by atoms with Crippen LogP contribution in [0.3, 0.4) is 0 Å². The molecule has 2 heterocycles. The second-order valence-electron chi connectivity index (χ2n) is 8.38. The quantitative estimate of drug-likeness (QED) is 0.382. The normalized spacial score (nSPS) is 15.9. The fraction of sp³-hybridized carbons (Fsp3) is 0.318. The lowest BCUT2D eigenvalue weighted by atomic mass is 9.90. The first-order valence-electron chi connectivity index (χ1n) is 10.2. The number of nitrogens with one attached hydrogen (secondary N) is 2. The van der Waals surface area contributed by atoms with E-state index in [9.17, 15) is 17.2 Å². The number of sulfonamides is 1. The minimum Gasteiger partial charge on any atom is -0.493 e. The molecule has 1 aromatic heterocycles. The van der Waals surface area contributed by atoms with E-state index in [0.717, 1.165) is 12.1 Å². The number of anilines is 2. The molecule has 2 N–H and O–H groups in total. The Morgan fingerprint density at radius 3 is 2.68 bits per heavy atom. The highest BCUT2D eigenvalue weighted by molar-refractivity contribution is 7.92. The van der Waals surface area contributed by atoms with Gasteiger partial charge in [0.1, 0.15) is 22.3 Å². The third-order valence-electron chi connectivity index (χ3n) is 5.28. The van der Waals surface area contributed by atoms with E-state index < -0.39 is 32.6 Å². The molecule has 0 aliphatic carbocycles. The number of hydrogen-bond donors (Lipinski definition) is 2. The lowest BCUT2D eigenvalue weighted by Gasteiger charge is -2.37. The van der Waals surface area contributed by atoms with Gasteiger partial charge in [-0.2, -0.15) is 0 Å². The Bertz CT molecular complexity index is 1290. The molecule has 0 spiro atoms. The molecule has 34 heavy (non-hydrogen) atoms. The van der Waals surface area contributed by atoms with Crippen molar-refractivity contribution in [1.82, 2.24) is 4.98 Å². The number of ether oxygens (including phenoxy) is 2. The highest BCUT2D eigenvalue weighted by Crippen LogP contribution is 2.33. The van der Waals surface area contributed by atoms with E-state index >= 15 is 0 Å². The van der Waals surface area contributed by atoms with E-state index in [0.29, 0.717) is 25.6 Å². The number of benzene rings is 2. The smallest absolute Gasteiger partial charge is 0.266 e. The van der Waals surface area contributed by atoms with Crippen LogP contribution in [0.4, 0.5) is 20.3 Å². The molecule has 1 fully saturated rings. The van der Waals surface area contributed by atoms with E-state index in [4.69, 9.17) is 21.1 Å². The van der Waals surface area contributed by atoms with Gasteiger partial charge in [-0.3, -0.25) is 4.72 Å². The van der Waals surface area contributed by atoms with E-state index in [1.807, 2.05) is 6.92 Å². The SMILES string of the molecule is C[C@H](Nc1cc(F)c(S(=O)(=O)Nc2cscn2)cc1Cl)c1cc(OCC2(C)COC2)ccc1F. The number of thiazole rings is 1. The minimum atomic E-state index is -4.24. The number of aromatic nitrogens is 1. The van der Waals surface area contributed by atoms with Gasteiger partial charge in [0.05, 0.1) is 42.1 Å². The number of halogens is 3. The fourth-order valence-corrected chi connectivity index (χ4v) is 5.27. The van der Waals surface area contributed by atoms with Crippen molar-refractivity contribution in [2.45, 2.75) is 24.8 Å². The molecule has 2 aromatic carbocycles. The Labute approximate surface area is 205 Å². The van der Waals surface area contributed by atoms with Crippen LogP contribution in [0.1, 0.15) is 25.5 Å². The van der Waals surface area contributed by atoms with Crippen LogP contribution in [0.15, 0.2) is 46.1 Å². The van der Waals surface area contributed by atoms with Crippen molar-refractivity contribution in [2.24, 2.45) is 5.41 Å². The van der Waals surface area contributed by atoms with Crippen molar-refractivity contribution in [3.8, 4) is 5.75 Å². The molecule has 1 saturated heterocycles. The van der Waals surface area contributed by atoms with E-state index in [1.54, 1.807) is 13.0 Å². The maximum absolute atomic E-state index is 14.8. The molecule has 7 nitrogen and oxygen atoms in total. The molecule has 0 bridgehead atoms. The first kappa shape index (κ1) is 24.6. The molecular weight excluding hydrogens is 508 g/mol. The summed E-state index contributed by atoms with van der Waals surface area (Å²) < 4.78 is 67.6. The van der Waals surface area contributed by atoms with Crippen LogP contribution in [-0.4, -0.2) is 33.2 Å². The van der Waals surface area contributed by atoms with Gasteiger partial charge < -0.3 is 14.8 Å².